The van der Waals surface area contributed by atoms with E-state index in [9.17, 15) is 12.8 Å². The molecule has 5 N–H and O–H groups in total. The predicted molar refractivity (Wildman–Crippen MR) is 106 cm³/mol. The Morgan fingerprint density at radius 2 is 2.07 bits per heavy atom. The fraction of sp³-hybridized carbons (Fsp3) is 0.467. The number of anilines is 2. The number of nitrogens with one attached hydrogen (secondary N) is 3. The normalized spacial score (nSPS) is 12.7. The van der Waals surface area contributed by atoms with Crippen molar-refractivity contribution < 1.29 is 12.8 Å². The lowest BCUT2D eigenvalue weighted by Crippen LogP contribution is -2.33. The Morgan fingerprint density at radius 1 is 1.33 bits per heavy atom. The van der Waals surface area contributed by atoms with Gasteiger partial charge in [0.05, 0.1) is 10.7 Å². The van der Waals surface area contributed by atoms with E-state index >= 15 is 0 Å². The third-order valence-electron chi connectivity index (χ3n) is 3.66. The molecule has 2 aromatic rings. The highest BCUT2D eigenvalue weighted by molar-refractivity contribution is 7.93. The summed E-state index contributed by atoms with van der Waals surface area (Å²) in [4.78, 5) is 3.17. The minimum atomic E-state index is -4.14. The number of hydrogen-bond donors (Lipinski definition) is 4. The molecule has 2 rings (SSSR count). The van der Waals surface area contributed by atoms with Crippen LogP contribution in [0.2, 0.25) is 5.02 Å². The maximum absolute atomic E-state index is 14.3. The Labute approximate surface area is 166 Å². The van der Waals surface area contributed by atoms with Crippen molar-refractivity contribution in [2.45, 2.75) is 30.7 Å². The van der Waals surface area contributed by atoms with Gasteiger partial charge in [0.2, 0.25) is 5.13 Å². The van der Waals surface area contributed by atoms with Gasteiger partial charge in [-0.15, -0.1) is 0 Å². The van der Waals surface area contributed by atoms with Crippen LogP contribution >= 0.6 is 23.1 Å². The Morgan fingerprint density at radius 3 is 2.74 bits per heavy atom. The van der Waals surface area contributed by atoms with Crippen LogP contribution in [0, 0.1) is 5.82 Å². The summed E-state index contributed by atoms with van der Waals surface area (Å²) >= 11 is 6.96. The second-order valence-corrected chi connectivity index (χ2v) is 8.68. The average molecular weight is 437 g/mol. The molecule has 0 aliphatic heterocycles. The molecule has 0 aliphatic rings. The van der Waals surface area contributed by atoms with Gasteiger partial charge < -0.3 is 16.4 Å². The van der Waals surface area contributed by atoms with Gasteiger partial charge in [-0.3, -0.25) is 4.72 Å². The van der Waals surface area contributed by atoms with E-state index in [-0.39, 0.29) is 16.2 Å². The van der Waals surface area contributed by atoms with E-state index < -0.39 is 20.7 Å². The Bertz CT molecular complexity index is 835. The molecule has 0 saturated carbocycles. The fourth-order valence-electron chi connectivity index (χ4n) is 2.16. The highest BCUT2D eigenvalue weighted by Crippen LogP contribution is 2.29. The van der Waals surface area contributed by atoms with Gasteiger partial charge >= 0.3 is 0 Å². The lowest BCUT2D eigenvalue weighted by Gasteiger charge is -2.13. The van der Waals surface area contributed by atoms with Crippen molar-refractivity contribution in [3.63, 3.8) is 0 Å². The Hall–Kier alpha value is -1.53. The third-order valence-corrected chi connectivity index (χ3v) is 6.04. The first kappa shape index (κ1) is 21.8. The number of nitrogens with zero attached hydrogens (tertiary/aromatic N) is 2. The lowest BCUT2D eigenvalue weighted by atomic mass is 10.2. The second-order valence-electron chi connectivity index (χ2n) is 5.84. The van der Waals surface area contributed by atoms with Crippen molar-refractivity contribution in [1.29, 1.82) is 0 Å². The molecule has 27 heavy (non-hydrogen) atoms. The zero-order valence-corrected chi connectivity index (χ0v) is 17.1. The molecule has 0 radical (unpaired) electrons. The smallest absolute Gasteiger partial charge is 0.266 e. The molecule has 1 atom stereocenters. The van der Waals surface area contributed by atoms with Gasteiger partial charge in [0, 0.05) is 30.7 Å². The van der Waals surface area contributed by atoms with Gasteiger partial charge in [0.25, 0.3) is 10.0 Å². The SMILES string of the molecule is C[C@@H](CN)NCCCCNc1cc(F)c(S(=O)(=O)Nc2ncns2)cc1Cl. The second kappa shape index (κ2) is 10.1. The van der Waals surface area contributed by atoms with Gasteiger partial charge in [-0.1, -0.05) is 11.6 Å². The first-order valence-electron chi connectivity index (χ1n) is 8.29. The summed E-state index contributed by atoms with van der Waals surface area (Å²) < 4.78 is 44.8. The number of rotatable bonds is 11. The topological polar surface area (TPSA) is 122 Å². The maximum atomic E-state index is 14.3. The number of benzene rings is 1. The van der Waals surface area contributed by atoms with Crippen molar-refractivity contribution in [3.8, 4) is 0 Å². The summed E-state index contributed by atoms with van der Waals surface area (Å²) in [6.07, 6.45) is 2.95. The lowest BCUT2D eigenvalue weighted by molar-refractivity contribution is 0.537. The Kier molecular flexibility index (Phi) is 8.17. The molecular weight excluding hydrogens is 415 g/mol. The summed E-state index contributed by atoms with van der Waals surface area (Å²) in [5.41, 5.74) is 5.86. The molecule has 0 fully saturated rings. The molecule has 0 amide bonds. The van der Waals surface area contributed by atoms with E-state index in [1.165, 1.54) is 6.33 Å². The van der Waals surface area contributed by atoms with Crippen LogP contribution in [0.1, 0.15) is 19.8 Å². The van der Waals surface area contributed by atoms with Gasteiger partial charge in [0.15, 0.2) is 0 Å². The number of hydrogen-bond acceptors (Lipinski definition) is 8. The van der Waals surface area contributed by atoms with Crippen molar-refractivity contribution in [3.05, 3.63) is 29.3 Å². The molecule has 1 aromatic heterocycles. The minimum Gasteiger partial charge on any atom is -0.384 e. The van der Waals surface area contributed by atoms with Crippen LogP contribution in [0.5, 0.6) is 0 Å². The predicted octanol–water partition coefficient (Wildman–Crippen LogP) is 2.26. The zero-order chi connectivity index (χ0) is 19.9. The van der Waals surface area contributed by atoms with E-state index in [0.717, 1.165) is 43.1 Å². The van der Waals surface area contributed by atoms with Crippen LogP contribution in [0.3, 0.4) is 0 Å². The maximum Gasteiger partial charge on any atom is 0.266 e. The molecule has 150 valence electrons. The standard InChI is InChI=1S/C15H22ClFN6O2S2/c1-10(8-18)19-4-2-3-5-20-13-7-12(17)14(6-11(13)16)27(24,25)23-15-21-9-22-26-15/h6-7,9-10,19-20H,2-5,8,18H2,1H3,(H,21,22,23)/t10-/m0/s1. The molecule has 12 heteroatoms. The van der Waals surface area contributed by atoms with Gasteiger partial charge in [-0.25, -0.2) is 17.8 Å². The average Bonchev–Trinajstić information content (AvgIpc) is 3.12. The molecule has 0 aliphatic carbocycles. The highest BCUT2D eigenvalue weighted by atomic mass is 35.5. The summed E-state index contributed by atoms with van der Waals surface area (Å²) in [7, 11) is -4.14. The van der Waals surface area contributed by atoms with Crippen LogP contribution in [-0.2, 0) is 10.0 Å². The van der Waals surface area contributed by atoms with Gasteiger partial charge in [0.1, 0.15) is 17.0 Å². The van der Waals surface area contributed by atoms with E-state index in [1.807, 2.05) is 6.92 Å². The van der Waals surface area contributed by atoms with Crippen molar-refractivity contribution >= 4 is 44.0 Å². The Balaban J connectivity index is 1.94. The first-order valence-corrected chi connectivity index (χ1v) is 10.9. The van der Waals surface area contributed by atoms with Gasteiger partial charge in [-0.2, -0.15) is 4.37 Å². The summed E-state index contributed by atoms with van der Waals surface area (Å²) in [5.74, 6) is -0.905. The number of halogens is 2. The van der Waals surface area contributed by atoms with E-state index in [0.29, 0.717) is 18.8 Å². The number of aromatic nitrogens is 2. The fourth-order valence-corrected chi connectivity index (χ4v) is 4.21. The quantitative estimate of drug-likeness (QED) is 0.398. The van der Waals surface area contributed by atoms with Crippen LogP contribution in [0.4, 0.5) is 15.2 Å². The third kappa shape index (κ3) is 6.54. The van der Waals surface area contributed by atoms with Gasteiger partial charge in [-0.05, 0) is 38.4 Å². The number of nitrogens with two attached hydrogens (primary N) is 1. The molecule has 0 bridgehead atoms. The molecular formula is C15H22ClFN6O2S2. The van der Waals surface area contributed by atoms with Crippen molar-refractivity contribution in [2.24, 2.45) is 5.73 Å². The molecule has 1 aromatic carbocycles. The van der Waals surface area contributed by atoms with Crippen molar-refractivity contribution in [1.82, 2.24) is 14.7 Å². The van der Waals surface area contributed by atoms with Crippen LogP contribution in [-0.4, -0.2) is 43.5 Å². The summed E-state index contributed by atoms with van der Waals surface area (Å²) in [6.45, 7) is 4.00. The zero-order valence-electron chi connectivity index (χ0n) is 14.7. The monoisotopic (exact) mass is 436 g/mol. The first-order chi connectivity index (χ1) is 12.8. The van der Waals surface area contributed by atoms with E-state index in [2.05, 4.69) is 24.7 Å². The number of unbranched alkanes of at least 4 members (excludes halogenated alkanes) is 1. The van der Waals surface area contributed by atoms with Crippen molar-refractivity contribution in [2.75, 3.05) is 29.7 Å². The highest BCUT2D eigenvalue weighted by Gasteiger charge is 2.22. The van der Waals surface area contributed by atoms with Crippen LogP contribution in [0.25, 0.3) is 0 Å². The minimum absolute atomic E-state index is 0.0466. The molecule has 0 spiro atoms. The summed E-state index contributed by atoms with van der Waals surface area (Å²) in [5, 5.41) is 6.45. The molecule has 8 nitrogen and oxygen atoms in total. The summed E-state index contributed by atoms with van der Waals surface area (Å²) in [6, 6.07) is 2.42. The van der Waals surface area contributed by atoms with E-state index in [1.54, 1.807) is 0 Å². The van der Waals surface area contributed by atoms with Crippen LogP contribution < -0.4 is 21.1 Å². The van der Waals surface area contributed by atoms with E-state index in [4.69, 9.17) is 17.3 Å². The largest absolute Gasteiger partial charge is 0.384 e. The number of sulfonamides is 1. The molecule has 0 saturated heterocycles. The molecule has 1 heterocycles. The van der Waals surface area contributed by atoms with Crippen LogP contribution in [0.15, 0.2) is 23.4 Å². The molecule has 0 unspecified atom stereocenters.